The summed E-state index contributed by atoms with van der Waals surface area (Å²) in [7, 11) is 1.42. The number of methoxy groups -OCH3 is 1. The van der Waals surface area contributed by atoms with Crippen LogP contribution in [0.4, 0.5) is 39.4 Å². The number of pyridine rings is 1. The number of carboxylic acids is 1. The average Bonchev–Trinajstić information content (AvgIpc) is 2.87. The van der Waals surface area contributed by atoms with E-state index in [2.05, 4.69) is 10.3 Å². The van der Waals surface area contributed by atoms with Crippen molar-refractivity contribution >= 4 is 29.1 Å². The Morgan fingerprint density at radius 2 is 1.70 bits per heavy atom. The Balaban J connectivity index is 2.02. The molecule has 214 valence electrons. The molecule has 0 fully saturated rings. The quantitative estimate of drug-likeness (QED) is 0.285. The van der Waals surface area contributed by atoms with Crippen LogP contribution >= 0.6 is 0 Å². The van der Waals surface area contributed by atoms with Crippen LogP contribution in [0.15, 0.2) is 36.4 Å². The molecule has 1 aromatic heterocycles. The van der Waals surface area contributed by atoms with Crippen molar-refractivity contribution in [1.82, 2.24) is 9.88 Å². The van der Waals surface area contributed by atoms with E-state index in [1.807, 2.05) is 0 Å². The highest BCUT2D eigenvalue weighted by atomic mass is 19.2. The van der Waals surface area contributed by atoms with Crippen molar-refractivity contribution in [3.63, 3.8) is 0 Å². The number of nitrogens with two attached hydrogens (primary N) is 1. The number of nitrogen functional groups attached to an aromatic ring is 1. The van der Waals surface area contributed by atoms with Crippen LogP contribution in [0.3, 0.4) is 0 Å². The Labute approximate surface area is 227 Å². The number of nitrogens with one attached hydrogen (secondary N) is 1. The van der Waals surface area contributed by atoms with Gasteiger partial charge in [-0.25, -0.2) is 32.1 Å². The summed E-state index contributed by atoms with van der Waals surface area (Å²) in [4.78, 5) is 30.1. The molecule has 2 aromatic carbocycles. The highest BCUT2D eigenvalue weighted by Crippen LogP contribution is 2.30. The van der Waals surface area contributed by atoms with E-state index >= 15 is 4.39 Å². The van der Waals surface area contributed by atoms with Crippen LogP contribution in [0, 0.1) is 23.3 Å². The lowest BCUT2D eigenvalue weighted by molar-refractivity contribution is 0.0233. The van der Waals surface area contributed by atoms with Gasteiger partial charge in [0.1, 0.15) is 5.60 Å². The fourth-order valence-electron chi connectivity index (χ4n) is 3.64. The molecule has 0 unspecified atom stereocenters. The maximum Gasteiger partial charge on any atom is 0.410 e. The fraction of sp³-hybridized carbons (Fsp3) is 0.296. The average molecular weight is 565 g/mol. The van der Waals surface area contributed by atoms with Crippen molar-refractivity contribution in [2.45, 2.75) is 39.3 Å². The number of aromatic nitrogens is 1. The van der Waals surface area contributed by atoms with Gasteiger partial charge in [-0.1, -0.05) is 0 Å². The smallest absolute Gasteiger partial charge is 0.410 e. The second kappa shape index (κ2) is 12.1. The van der Waals surface area contributed by atoms with Crippen LogP contribution in [0.2, 0.25) is 0 Å². The number of hydrogen-bond donors (Lipinski definition) is 3. The molecule has 1 heterocycles. The first-order valence-corrected chi connectivity index (χ1v) is 11.9. The van der Waals surface area contributed by atoms with Crippen molar-refractivity contribution in [2.24, 2.45) is 0 Å². The number of amides is 1. The summed E-state index contributed by atoms with van der Waals surface area (Å²) in [5.41, 5.74) is 4.07. The molecule has 0 bridgehead atoms. The second-order valence-electron chi connectivity index (χ2n) is 9.67. The maximum absolute atomic E-state index is 15.2. The molecule has 3 aromatic rings. The second-order valence-corrected chi connectivity index (χ2v) is 9.67. The highest BCUT2D eigenvalue weighted by molar-refractivity contribution is 5.95. The zero-order chi connectivity index (χ0) is 29.8. The highest BCUT2D eigenvalue weighted by Gasteiger charge is 2.26. The maximum atomic E-state index is 15.2. The van der Waals surface area contributed by atoms with Gasteiger partial charge in [-0.3, -0.25) is 0 Å². The largest absolute Gasteiger partial charge is 0.481 e. The Bertz CT molecular complexity index is 1430. The molecule has 4 N–H and O–H groups in total. The molecule has 0 saturated heterocycles. The number of anilines is 3. The van der Waals surface area contributed by atoms with Gasteiger partial charge in [-0.05, 0) is 45.0 Å². The Hall–Kier alpha value is -4.55. The van der Waals surface area contributed by atoms with E-state index in [0.717, 1.165) is 17.0 Å². The number of aromatic carboxylic acids is 1. The van der Waals surface area contributed by atoms with E-state index < -0.39 is 64.3 Å². The summed E-state index contributed by atoms with van der Waals surface area (Å²) in [6, 6.07) is 5.99. The third-order valence-corrected chi connectivity index (χ3v) is 5.57. The van der Waals surface area contributed by atoms with Gasteiger partial charge < -0.3 is 30.5 Å². The van der Waals surface area contributed by atoms with Crippen LogP contribution in [-0.2, 0) is 17.7 Å². The Morgan fingerprint density at radius 3 is 2.33 bits per heavy atom. The topological polar surface area (TPSA) is 127 Å². The Morgan fingerprint density at radius 1 is 1.02 bits per heavy atom. The van der Waals surface area contributed by atoms with Gasteiger partial charge in [0.15, 0.2) is 23.3 Å². The van der Waals surface area contributed by atoms with Gasteiger partial charge in [0.25, 0.3) is 0 Å². The van der Waals surface area contributed by atoms with Crippen LogP contribution < -0.4 is 15.8 Å². The summed E-state index contributed by atoms with van der Waals surface area (Å²) in [5, 5.41) is 12.0. The van der Waals surface area contributed by atoms with Crippen LogP contribution in [0.25, 0.3) is 0 Å². The lowest BCUT2D eigenvalue weighted by atomic mass is 10.1. The van der Waals surface area contributed by atoms with Crippen molar-refractivity contribution < 1.29 is 41.7 Å². The van der Waals surface area contributed by atoms with E-state index in [0.29, 0.717) is 23.5 Å². The predicted octanol–water partition coefficient (Wildman–Crippen LogP) is 5.65. The lowest BCUT2D eigenvalue weighted by Crippen LogP contribution is -2.38. The number of rotatable bonds is 9. The van der Waals surface area contributed by atoms with E-state index in [1.54, 1.807) is 32.9 Å². The first kappa shape index (κ1) is 30.0. The third kappa shape index (κ3) is 7.30. The lowest BCUT2D eigenvalue weighted by Gasteiger charge is -2.28. The molecule has 0 aliphatic heterocycles. The normalized spacial score (nSPS) is 11.2. The van der Waals surface area contributed by atoms with Crippen molar-refractivity contribution in [3.05, 3.63) is 76.5 Å². The minimum atomic E-state index is -1.59. The van der Waals surface area contributed by atoms with Gasteiger partial charge in [-0.15, -0.1) is 0 Å². The summed E-state index contributed by atoms with van der Waals surface area (Å²) in [5.74, 6) is -6.70. The van der Waals surface area contributed by atoms with Gasteiger partial charge in [0.05, 0.1) is 36.3 Å². The van der Waals surface area contributed by atoms with Gasteiger partial charge >= 0.3 is 12.1 Å². The molecule has 13 heteroatoms. The molecular formula is C27H28F4N4O5. The molecular weight excluding hydrogens is 536 g/mol. The van der Waals surface area contributed by atoms with Crippen molar-refractivity contribution in [3.8, 4) is 5.88 Å². The zero-order valence-corrected chi connectivity index (χ0v) is 22.1. The monoisotopic (exact) mass is 564 g/mol. The van der Waals surface area contributed by atoms with E-state index in [-0.39, 0.29) is 24.5 Å². The molecule has 9 nitrogen and oxygen atoms in total. The minimum absolute atomic E-state index is 0.0777. The molecule has 0 aliphatic rings. The molecule has 1 amide bonds. The molecule has 3 rings (SSSR count). The molecule has 0 aliphatic carbocycles. The number of hydrogen-bond acceptors (Lipinski definition) is 7. The summed E-state index contributed by atoms with van der Waals surface area (Å²) in [6.45, 7) is 4.20. The van der Waals surface area contributed by atoms with E-state index in [1.165, 1.54) is 7.11 Å². The molecule has 40 heavy (non-hydrogen) atoms. The first-order chi connectivity index (χ1) is 18.7. The number of halogens is 4. The van der Waals surface area contributed by atoms with Gasteiger partial charge in [0, 0.05) is 36.3 Å². The van der Waals surface area contributed by atoms with E-state index in [9.17, 15) is 27.9 Å². The molecule has 0 radical (unpaired) electrons. The summed E-state index contributed by atoms with van der Waals surface area (Å²) < 4.78 is 67.7. The first-order valence-electron chi connectivity index (χ1n) is 11.9. The summed E-state index contributed by atoms with van der Waals surface area (Å²) >= 11 is 0. The van der Waals surface area contributed by atoms with Gasteiger partial charge in [-0.2, -0.15) is 0 Å². The molecule has 0 atom stereocenters. The molecule has 0 spiro atoms. The van der Waals surface area contributed by atoms with Crippen molar-refractivity contribution in [1.29, 1.82) is 0 Å². The molecule has 0 saturated carbocycles. The number of carbonyl (C=O) groups is 2. The number of benzene rings is 2. The van der Waals surface area contributed by atoms with Crippen molar-refractivity contribution in [2.75, 3.05) is 24.7 Å². The minimum Gasteiger partial charge on any atom is -0.481 e. The van der Waals surface area contributed by atoms with E-state index in [4.69, 9.17) is 15.2 Å². The van der Waals surface area contributed by atoms with Crippen LogP contribution in [-0.4, -0.2) is 46.3 Å². The fourth-order valence-corrected chi connectivity index (χ4v) is 3.64. The number of ether oxygens (including phenoxy) is 2. The van der Waals surface area contributed by atoms with Gasteiger partial charge in [0.2, 0.25) is 5.88 Å². The number of carboxylic acid groups (broad SMARTS) is 1. The van der Waals surface area contributed by atoms with Crippen LogP contribution in [0.5, 0.6) is 5.88 Å². The third-order valence-electron chi connectivity index (χ3n) is 5.57. The standard InChI is InChI=1S/C27H28F4N4O5/c1-27(2,3)40-26(38)35(10-9-21-19(32)6-8-23(34-21)39-4)13-15-20(7-5-16(28)24(15)31)33-22-12-18(30)17(29)11-14(22)25(36)37/h5-8,11-12,33H,9-10,13,32H2,1-4H3,(H,36,37). The van der Waals surface area contributed by atoms with Crippen LogP contribution in [0.1, 0.15) is 42.4 Å². The number of carbonyl (C=O) groups excluding carboxylic acids is 1. The summed E-state index contributed by atoms with van der Waals surface area (Å²) in [6.07, 6.45) is -0.795. The predicted molar refractivity (Wildman–Crippen MR) is 139 cm³/mol. The SMILES string of the molecule is COc1ccc(N)c(CCN(Cc2c(Nc3cc(F)c(F)cc3C(=O)O)ccc(F)c2F)C(=O)OC(C)(C)C)n1. The number of nitrogens with zero attached hydrogens (tertiary/aromatic N) is 2. The Kier molecular flexibility index (Phi) is 9.07. The zero-order valence-electron chi connectivity index (χ0n) is 22.1.